The number of nitrogens with one attached hydrogen (secondary N) is 1. The molecule has 0 fully saturated rings. The van der Waals surface area contributed by atoms with Gasteiger partial charge >= 0.3 is 0 Å². The molecule has 0 spiro atoms. The fraction of sp³-hybridized carbons (Fsp3) is 0.333. The molecule has 0 radical (unpaired) electrons. The molecule has 102 valence electrons. The summed E-state index contributed by atoms with van der Waals surface area (Å²) < 4.78 is 11.4. The lowest BCUT2D eigenvalue weighted by molar-refractivity contribution is 0.303. The zero-order valence-corrected chi connectivity index (χ0v) is 12.0. The van der Waals surface area contributed by atoms with Crippen LogP contribution in [0.15, 0.2) is 34.7 Å². The molecular formula is C15H18ClNO2. The van der Waals surface area contributed by atoms with E-state index in [1.165, 1.54) is 0 Å². The zero-order chi connectivity index (χ0) is 13.7. The lowest BCUT2D eigenvalue weighted by Gasteiger charge is -2.04. The molecule has 0 unspecified atom stereocenters. The van der Waals surface area contributed by atoms with Crippen LogP contribution >= 0.6 is 11.6 Å². The van der Waals surface area contributed by atoms with Crippen LogP contribution in [-0.2, 0) is 13.2 Å². The van der Waals surface area contributed by atoms with Crippen LogP contribution < -0.4 is 10.1 Å². The molecule has 0 aliphatic rings. The van der Waals surface area contributed by atoms with E-state index in [1.54, 1.807) is 0 Å². The Morgan fingerprint density at radius 2 is 2.00 bits per heavy atom. The Balaban J connectivity index is 1.95. The predicted octanol–water partition coefficient (Wildman–Crippen LogP) is 3.93. The molecule has 1 N–H and O–H groups in total. The van der Waals surface area contributed by atoms with Crippen LogP contribution in [0.4, 0.5) is 0 Å². The lowest BCUT2D eigenvalue weighted by Crippen LogP contribution is -2.10. The number of hydrogen-bond acceptors (Lipinski definition) is 3. The second-order valence-electron chi connectivity index (χ2n) is 4.32. The Hall–Kier alpha value is -1.45. The van der Waals surface area contributed by atoms with Gasteiger partial charge in [0.05, 0.1) is 6.54 Å². The third-order valence-corrected chi connectivity index (χ3v) is 3.08. The standard InChI is InChI=1S/C15H18ClNO2/c1-3-17-9-15-8-12(11(2)19-15)10-18-14-6-4-13(16)5-7-14/h4-8,17H,3,9-10H2,1-2H3. The van der Waals surface area contributed by atoms with Crippen molar-refractivity contribution in [1.29, 1.82) is 0 Å². The van der Waals surface area contributed by atoms with E-state index >= 15 is 0 Å². The Bertz CT molecular complexity index is 519. The SMILES string of the molecule is CCNCc1cc(COc2ccc(Cl)cc2)c(C)o1. The number of halogens is 1. The molecule has 0 amide bonds. The van der Waals surface area contributed by atoms with Gasteiger partial charge in [0.15, 0.2) is 0 Å². The zero-order valence-electron chi connectivity index (χ0n) is 11.2. The van der Waals surface area contributed by atoms with E-state index in [-0.39, 0.29) is 0 Å². The number of ether oxygens (including phenoxy) is 1. The fourth-order valence-corrected chi connectivity index (χ4v) is 1.88. The average Bonchev–Trinajstić information content (AvgIpc) is 2.76. The maximum absolute atomic E-state index is 5.83. The van der Waals surface area contributed by atoms with Gasteiger partial charge in [0.1, 0.15) is 23.9 Å². The number of rotatable bonds is 6. The Morgan fingerprint density at radius 1 is 1.26 bits per heavy atom. The molecule has 0 bridgehead atoms. The van der Waals surface area contributed by atoms with E-state index in [4.69, 9.17) is 20.8 Å². The van der Waals surface area contributed by atoms with Gasteiger partial charge in [-0.05, 0) is 43.8 Å². The van der Waals surface area contributed by atoms with E-state index < -0.39 is 0 Å². The van der Waals surface area contributed by atoms with Crippen LogP contribution in [0.3, 0.4) is 0 Å². The van der Waals surface area contributed by atoms with Crippen molar-refractivity contribution in [2.75, 3.05) is 6.54 Å². The lowest BCUT2D eigenvalue weighted by atomic mass is 10.2. The molecule has 4 heteroatoms. The van der Waals surface area contributed by atoms with Crippen LogP contribution in [0, 0.1) is 6.92 Å². The van der Waals surface area contributed by atoms with Gasteiger partial charge in [0, 0.05) is 10.6 Å². The molecule has 0 saturated carbocycles. The number of hydrogen-bond donors (Lipinski definition) is 1. The predicted molar refractivity (Wildman–Crippen MR) is 76.6 cm³/mol. The molecule has 2 rings (SSSR count). The average molecular weight is 280 g/mol. The maximum Gasteiger partial charge on any atom is 0.119 e. The van der Waals surface area contributed by atoms with Crippen LogP contribution in [-0.4, -0.2) is 6.54 Å². The van der Waals surface area contributed by atoms with E-state index in [9.17, 15) is 0 Å². The first-order valence-electron chi connectivity index (χ1n) is 6.36. The highest BCUT2D eigenvalue weighted by Crippen LogP contribution is 2.19. The Labute approximate surface area is 118 Å². The minimum atomic E-state index is 0.503. The first-order chi connectivity index (χ1) is 9.19. The monoisotopic (exact) mass is 279 g/mol. The molecule has 0 atom stereocenters. The third kappa shape index (κ3) is 4.01. The van der Waals surface area contributed by atoms with Gasteiger partial charge in [0.2, 0.25) is 0 Å². The summed E-state index contributed by atoms with van der Waals surface area (Å²) in [6.45, 7) is 6.20. The highest BCUT2D eigenvalue weighted by molar-refractivity contribution is 6.30. The van der Waals surface area contributed by atoms with Crippen molar-refractivity contribution in [3.8, 4) is 5.75 Å². The van der Waals surface area contributed by atoms with Gasteiger partial charge in [-0.1, -0.05) is 18.5 Å². The fourth-order valence-electron chi connectivity index (χ4n) is 1.76. The summed E-state index contributed by atoms with van der Waals surface area (Å²) >= 11 is 5.83. The smallest absolute Gasteiger partial charge is 0.119 e. The molecule has 1 aromatic carbocycles. The van der Waals surface area contributed by atoms with Gasteiger partial charge in [0.25, 0.3) is 0 Å². The summed E-state index contributed by atoms with van der Waals surface area (Å²) in [6.07, 6.45) is 0. The Morgan fingerprint density at radius 3 is 2.68 bits per heavy atom. The third-order valence-electron chi connectivity index (χ3n) is 2.83. The summed E-state index contributed by atoms with van der Waals surface area (Å²) in [5.41, 5.74) is 1.07. The van der Waals surface area contributed by atoms with Crippen molar-refractivity contribution in [3.05, 3.63) is 52.4 Å². The van der Waals surface area contributed by atoms with Gasteiger partial charge in [-0.15, -0.1) is 0 Å². The van der Waals surface area contributed by atoms with Crippen molar-refractivity contribution in [3.63, 3.8) is 0 Å². The second-order valence-corrected chi connectivity index (χ2v) is 4.75. The molecular weight excluding hydrogens is 262 g/mol. The van der Waals surface area contributed by atoms with Crippen molar-refractivity contribution in [2.45, 2.75) is 27.0 Å². The second kappa shape index (κ2) is 6.64. The minimum Gasteiger partial charge on any atom is -0.489 e. The van der Waals surface area contributed by atoms with E-state index in [0.29, 0.717) is 11.6 Å². The van der Waals surface area contributed by atoms with Gasteiger partial charge < -0.3 is 14.5 Å². The van der Waals surface area contributed by atoms with Gasteiger partial charge in [-0.3, -0.25) is 0 Å². The quantitative estimate of drug-likeness (QED) is 0.870. The van der Waals surface area contributed by atoms with E-state index in [2.05, 4.69) is 12.2 Å². The van der Waals surface area contributed by atoms with Crippen molar-refractivity contribution in [2.24, 2.45) is 0 Å². The van der Waals surface area contributed by atoms with Crippen LogP contribution in [0.1, 0.15) is 24.0 Å². The molecule has 2 aromatic rings. The highest BCUT2D eigenvalue weighted by atomic mass is 35.5. The summed E-state index contributed by atoms with van der Waals surface area (Å²) in [6, 6.07) is 9.38. The van der Waals surface area contributed by atoms with Crippen molar-refractivity contribution in [1.82, 2.24) is 5.32 Å². The molecule has 3 nitrogen and oxygen atoms in total. The topological polar surface area (TPSA) is 34.4 Å². The van der Waals surface area contributed by atoms with E-state index in [1.807, 2.05) is 37.3 Å². The summed E-state index contributed by atoms with van der Waals surface area (Å²) in [5, 5.41) is 3.94. The molecule has 0 aliphatic heterocycles. The molecule has 19 heavy (non-hydrogen) atoms. The van der Waals surface area contributed by atoms with Crippen LogP contribution in [0.5, 0.6) is 5.75 Å². The summed E-state index contributed by atoms with van der Waals surface area (Å²) in [5.74, 6) is 2.65. The molecule has 0 saturated heterocycles. The molecule has 1 heterocycles. The normalized spacial score (nSPS) is 10.7. The first kappa shape index (κ1) is 14.0. The summed E-state index contributed by atoms with van der Waals surface area (Å²) in [4.78, 5) is 0. The highest BCUT2D eigenvalue weighted by Gasteiger charge is 2.07. The van der Waals surface area contributed by atoms with Gasteiger partial charge in [-0.2, -0.15) is 0 Å². The van der Waals surface area contributed by atoms with Gasteiger partial charge in [-0.25, -0.2) is 0 Å². The number of benzene rings is 1. The van der Waals surface area contributed by atoms with E-state index in [0.717, 1.165) is 35.9 Å². The minimum absolute atomic E-state index is 0.503. The van der Waals surface area contributed by atoms with Crippen molar-refractivity contribution < 1.29 is 9.15 Å². The number of aryl methyl sites for hydroxylation is 1. The maximum atomic E-state index is 5.83. The molecule has 1 aromatic heterocycles. The largest absolute Gasteiger partial charge is 0.489 e. The van der Waals surface area contributed by atoms with Crippen LogP contribution in [0.25, 0.3) is 0 Å². The van der Waals surface area contributed by atoms with Crippen molar-refractivity contribution >= 4 is 11.6 Å². The summed E-state index contributed by atoms with van der Waals surface area (Å²) in [7, 11) is 0. The Kier molecular flexibility index (Phi) is 4.88. The molecule has 0 aliphatic carbocycles. The first-order valence-corrected chi connectivity index (χ1v) is 6.74. The van der Waals surface area contributed by atoms with Crippen LogP contribution in [0.2, 0.25) is 5.02 Å². The number of furan rings is 1.